The SMILES string of the molecule is CC[N+](CC)(CC)c1ccc(CNc2ccc(C)c(O)c2)cc1. The molecule has 124 valence electrons. The van der Waals surface area contributed by atoms with Crippen molar-refractivity contribution in [2.75, 3.05) is 25.0 Å². The highest BCUT2D eigenvalue weighted by Gasteiger charge is 2.23. The lowest BCUT2D eigenvalue weighted by atomic mass is 10.1. The minimum atomic E-state index is 0.335. The number of aromatic hydroxyl groups is 1. The van der Waals surface area contributed by atoms with Gasteiger partial charge in [0.25, 0.3) is 0 Å². The zero-order valence-corrected chi connectivity index (χ0v) is 14.8. The maximum absolute atomic E-state index is 9.76. The summed E-state index contributed by atoms with van der Waals surface area (Å²) in [6.07, 6.45) is 0. The number of aryl methyl sites for hydroxylation is 1. The normalized spacial score (nSPS) is 11.5. The van der Waals surface area contributed by atoms with Crippen molar-refractivity contribution in [3.63, 3.8) is 0 Å². The average Bonchev–Trinajstić information content (AvgIpc) is 2.59. The molecule has 2 rings (SSSR count). The van der Waals surface area contributed by atoms with Gasteiger partial charge in [0, 0.05) is 18.3 Å². The van der Waals surface area contributed by atoms with Crippen molar-refractivity contribution in [1.29, 1.82) is 0 Å². The molecule has 0 saturated heterocycles. The molecule has 23 heavy (non-hydrogen) atoms. The van der Waals surface area contributed by atoms with Gasteiger partial charge in [-0.3, -0.25) is 4.48 Å². The van der Waals surface area contributed by atoms with Gasteiger partial charge in [-0.25, -0.2) is 0 Å². The molecule has 0 aliphatic carbocycles. The number of rotatable bonds is 7. The molecule has 3 heteroatoms. The van der Waals surface area contributed by atoms with Gasteiger partial charge in [0.1, 0.15) is 11.4 Å². The molecule has 0 radical (unpaired) electrons. The first-order chi connectivity index (χ1) is 11.0. The summed E-state index contributed by atoms with van der Waals surface area (Å²) in [5, 5.41) is 13.1. The molecule has 0 aliphatic heterocycles. The van der Waals surface area contributed by atoms with Crippen molar-refractivity contribution >= 4 is 11.4 Å². The van der Waals surface area contributed by atoms with Crippen LogP contribution < -0.4 is 9.80 Å². The van der Waals surface area contributed by atoms with Crippen molar-refractivity contribution in [2.24, 2.45) is 0 Å². The Bertz CT molecular complexity index is 622. The quantitative estimate of drug-likeness (QED) is 0.727. The third-order valence-electron chi connectivity index (χ3n) is 5.01. The van der Waals surface area contributed by atoms with Gasteiger partial charge in [0.2, 0.25) is 0 Å². The second-order valence-corrected chi connectivity index (χ2v) is 6.12. The van der Waals surface area contributed by atoms with Gasteiger partial charge in [-0.2, -0.15) is 0 Å². The molecule has 3 nitrogen and oxygen atoms in total. The Morgan fingerprint density at radius 3 is 2.04 bits per heavy atom. The number of phenols is 1. The third kappa shape index (κ3) is 3.85. The first-order valence-corrected chi connectivity index (χ1v) is 8.53. The Kier molecular flexibility index (Phi) is 5.67. The lowest BCUT2D eigenvalue weighted by Gasteiger charge is -2.35. The summed E-state index contributed by atoms with van der Waals surface area (Å²) < 4.78 is 1.03. The van der Waals surface area contributed by atoms with Crippen LogP contribution in [0.5, 0.6) is 5.75 Å². The third-order valence-corrected chi connectivity index (χ3v) is 5.01. The van der Waals surface area contributed by atoms with Gasteiger partial charge < -0.3 is 10.4 Å². The summed E-state index contributed by atoms with van der Waals surface area (Å²) in [5.74, 6) is 0.335. The number of hydrogen-bond acceptors (Lipinski definition) is 2. The first kappa shape index (κ1) is 17.4. The molecule has 0 aromatic heterocycles. The van der Waals surface area contributed by atoms with Crippen LogP contribution in [-0.4, -0.2) is 24.7 Å². The Labute approximate surface area is 140 Å². The van der Waals surface area contributed by atoms with Crippen LogP contribution in [0.25, 0.3) is 0 Å². The highest BCUT2D eigenvalue weighted by molar-refractivity contribution is 5.51. The number of phenolic OH excluding ortho intramolecular Hbond substituents is 1. The second kappa shape index (κ2) is 7.51. The van der Waals surface area contributed by atoms with E-state index in [1.807, 2.05) is 19.1 Å². The number of quaternary nitrogens is 1. The number of nitrogens with zero attached hydrogens (tertiary/aromatic N) is 1. The van der Waals surface area contributed by atoms with Crippen LogP contribution in [0.15, 0.2) is 42.5 Å². The van der Waals surface area contributed by atoms with Gasteiger partial charge in [-0.05, 0) is 57.0 Å². The highest BCUT2D eigenvalue weighted by atomic mass is 16.3. The smallest absolute Gasteiger partial charge is 0.132 e. The Morgan fingerprint density at radius 2 is 1.52 bits per heavy atom. The van der Waals surface area contributed by atoms with Crippen molar-refractivity contribution < 1.29 is 5.11 Å². The molecule has 0 atom stereocenters. The number of nitrogens with one attached hydrogen (secondary N) is 1. The van der Waals surface area contributed by atoms with Gasteiger partial charge in [0.15, 0.2) is 0 Å². The van der Waals surface area contributed by atoms with Crippen molar-refractivity contribution in [3.05, 3.63) is 53.6 Å². The minimum Gasteiger partial charge on any atom is -0.508 e. The highest BCUT2D eigenvalue weighted by Crippen LogP contribution is 2.24. The average molecular weight is 313 g/mol. The van der Waals surface area contributed by atoms with E-state index in [1.54, 1.807) is 6.07 Å². The van der Waals surface area contributed by atoms with Crippen LogP contribution in [0.3, 0.4) is 0 Å². The summed E-state index contributed by atoms with van der Waals surface area (Å²) in [6.45, 7) is 12.8. The van der Waals surface area contributed by atoms with Gasteiger partial charge in [-0.1, -0.05) is 18.2 Å². The molecular formula is C20H29N2O+. The lowest BCUT2D eigenvalue weighted by molar-refractivity contribution is 0.316. The Morgan fingerprint density at radius 1 is 0.913 bits per heavy atom. The van der Waals surface area contributed by atoms with Crippen molar-refractivity contribution in [1.82, 2.24) is 4.48 Å². The monoisotopic (exact) mass is 313 g/mol. The van der Waals surface area contributed by atoms with E-state index in [0.29, 0.717) is 5.75 Å². The Balaban J connectivity index is 2.06. The molecule has 0 fully saturated rings. The van der Waals surface area contributed by atoms with E-state index in [2.05, 4.69) is 50.4 Å². The Hall–Kier alpha value is -2.00. The van der Waals surface area contributed by atoms with E-state index in [4.69, 9.17) is 0 Å². The standard InChI is InChI=1S/C20H28N2O/c1-5-22(6-2,7-3)19-12-9-17(10-13-19)15-21-18-11-8-16(4)20(23)14-18/h8-14,21H,5-7,15H2,1-4H3/p+1. The van der Waals surface area contributed by atoms with Crippen LogP contribution in [0, 0.1) is 6.92 Å². The molecule has 2 N–H and O–H groups in total. The topological polar surface area (TPSA) is 32.3 Å². The van der Waals surface area contributed by atoms with E-state index >= 15 is 0 Å². The van der Waals surface area contributed by atoms with E-state index in [-0.39, 0.29) is 0 Å². The molecule has 0 aliphatic rings. The van der Waals surface area contributed by atoms with Crippen LogP contribution in [-0.2, 0) is 6.54 Å². The zero-order chi connectivity index (χ0) is 16.9. The predicted molar refractivity (Wildman–Crippen MR) is 100 cm³/mol. The number of anilines is 1. The summed E-state index contributed by atoms with van der Waals surface area (Å²) in [7, 11) is 0. The maximum Gasteiger partial charge on any atom is 0.132 e. The van der Waals surface area contributed by atoms with Crippen LogP contribution >= 0.6 is 0 Å². The van der Waals surface area contributed by atoms with E-state index in [1.165, 1.54) is 11.3 Å². The van der Waals surface area contributed by atoms with E-state index in [9.17, 15) is 5.11 Å². The summed E-state index contributed by atoms with van der Waals surface area (Å²) in [5.41, 5.74) is 4.47. The van der Waals surface area contributed by atoms with Crippen LogP contribution in [0.1, 0.15) is 31.9 Å². The molecule has 0 amide bonds. The zero-order valence-electron chi connectivity index (χ0n) is 14.8. The fraction of sp³-hybridized carbons (Fsp3) is 0.400. The molecule has 0 saturated carbocycles. The van der Waals surface area contributed by atoms with Crippen molar-refractivity contribution in [3.8, 4) is 5.75 Å². The van der Waals surface area contributed by atoms with Crippen molar-refractivity contribution in [2.45, 2.75) is 34.2 Å². The fourth-order valence-electron chi connectivity index (χ4n) is 3.07. The molecule has 2 aromatic rings. The minimum absolute atomic E-state index is 0.335. The van der Waals surface area contributed by atoms with E-state index in [0.717, 1.165) is 41.9 Å². The predicted octanol–water partition coefficient (Wildman–Crippen LogP) is 4.68. The molecule has 0 bridgehead atoms. The molecule has 0 heterocycles. The summed E-state index contributed by atoms with van der Waals surface area (Å²) in [6, 6.07) is 14.6. The number of benzene rings is 2. The number of hydrogen-bond donors (Lipinski definition) is 2. The second-order valence-electron chi connectivity index (χ2n) is 6.12. The molecule has 0 spiro atoms. The largest absolute Gasteiger partial charge is 0.508 e. The lowest BCUT2D eigenvalue weighted by Crippen LogP contribution is -2.48. The first-order valence-electron chi connectivity index (χ1n) is 8.53. The maximum atomic E-state index is 9.76. The van der Waals surface area contributed by atoms with Gasteiger partial charge >= 0.3 is 0 Å². The molecule has 2 aromatic carbocycles. The summed E-state index contributed by atoms with van der Waals surface area (Å²) >= 11 is 0. The van der Waals surface area contributed by atoms with Crippen LogP contribution in [0.4, 0.5) is 11.4 Å². The van der Waals surface area contributed by atoms with E-state index < -0.39 is 0 Å². The molecule has 0 unspecified atom stereocenters. The summed E-state index contributed by atoms with van der Waals surface area (Å²) in [4.78, 5) is 0. The van der Waals surface area contributed by atoms with Crippen LogP contribution in [0.2, 0.25) is 0 Å². The molecular weight excluding hydrogens is 284 g/mol. The van der Waals surface area contributed by atoms with Gasteiger partial charge in [-0.15, -0.1) is 0 Å². The van der Waals surface area contributed by atoms with Gasteiger partial charge in [0.05, 0.1) is 19.6 Å². The fourth-order valence-corrected chi connectivity index (χ4v) is 3.07.